The van der Waals surface area contributed by atoms with Gasteiger partial charge in [-0.15, -0.1) is 23.5 Å². The molecule has 0 aliphatic carbocycles. The Hall–Kier alpha value is 0.620. The number of hydrogen-bond acceptors (Lipinski definition) is 4. The summed E-state index contributed by atoms with van der Waals surface area (Å²) in [4.78, 5) is 2.41. The Bertz CT molecular complexity index is 179. The molecule has 0 aromatic rings. The molecule has 3 atom stereocenters. The predicted octanol–water partition coefficient (Wildman–Crippen LogP) is 1.25. The minimum absolute atomic E-state index is 0.0886. The van der Waals surface area contributed by atoms with Crippen molar-refractivity contribution < 1.29 is 5.11 Å². The minimum Gasteiger partial charge on any atom is -0.391 e. The Morgan fingerprint density at radius 1 is 1.46 bits per heavy atom. The van der Waals surface area contributed by atoms with E-state index in [0.717, 1.165) is 10.8 Å². The molecule has 1 N–H and O–H groups in total. The fourth-order valence-corrected chi connectivity index (χ4v) is 5.07. The summed E-state index contributed by atoms with van der Waals surface area (Å²) in [6.07, 6.45) is 2.49. The van der Waals surface area contributed by atoms with Crippen LogP contribution in [0.1, 0.15) is 12.8 Å². The molecule has 2 fully saturated rings. The predicted molar refractivity (Wildman–Crippen MR) is 60.4 cm³/mol. The second-order valence-corrected chi connectivity index (χ2v) is 6.44. The normalized spacial score (nSPS) is 42.5. The second-order valence-electron chi connectivity index (χ2n) is 3.88. The first-order valence-electron chi connectivity index (χ1n) is 4.86. The molecule has 2 rings (SSSR count). The van der Waals surface area contributed by atoms with Crippen molar-refractivity contribution in [2.75, 3.05) is 24.4 Å². The van der Waals surface area contributed by atoms with Crippen molar-refractivity contribution >= 4 is 23.5 Å². The molecule has 0 saturated carbocycles. The average molecular weight is 219 g/mol. The van der Waals surface area contributed by atoms with Gasteiger partial charge < -0.3 is 10.0 Å². The van der Waals surface area contributed by atoms with Crippen molar-refractivity contribution in [1.82, 2.24) is 4.90 Å². The maximum absolute atomic E-state index is 9.88. The summed E-state index contributed by atoms with van der Waals surface area (Å²) >= 11 is 3.80. The van der Waals surface area contributed by atoms with Gasteiger partial charge in [0.2, 0.25) is 0 Å². The maximum atomic E-state index is 9.88. The van der Waals surface area contributed by atoms with Crippen LogP contribution in [-0.4, -0.2) is 51.8 Å². The van der Waals surface area contributed by atoms with Crippen LogP contribution in [0, 0.1) is 0 Å². The van der Waals surface area contributed by atoms with Gasteiger partial charge in [-0.3, -0.25) is 0 Å². The smallest absolute Gasteiger partial charge is 0.0764 e. The van der Waals surface area contributed by atoms with Crippen LogP contribution in [0.4, 0.5) is 0 Å². The van der Waals surface area contributed by atoms with E-state index in [4.69, 9.17) is 0 Å². The van der Waals surface area contributed by atoms with Gasteiger partial charge in [0, 0.05) is 22.1 Å². The van der Waals surface area contributed by atoms with Gasteiger partial charge in [0.15, 0.2) is 0 Å². The van der Waals surface area contributed by atoms with Crippen molar-refractivity contribution in [3.05, 3.63) is 0 Å². The number of rotatable bonds is 1. The lowest BCUT2D eigenvalue weighted by Crippen LogP contribution is -2.44. The lowest BCUT2D eigenvalue weighted by molar-refractivity contribution is 0.155. The molecule has 0 aromatic heterocycles. The van der Waals surface area contributed by atoms with Gasteiger partial charge in [-0.25, -0.2) is 0 Å². The number of hydrogen-bond donors (Lipinski definition) is 1. The van der Waals surface area contributed by atoms with Gasteiger partial charge in [-0.05, 0) is 26.4 Å². The quantitative estimate of drug-likeness (QED) is 0.717. The Morgan fingerprint density at radius 3 is 2.92 bits per heavy atom. The first kappa shape index (κ1) is 10.1. The van der Waals surface area contributed by atoms with Crippen LogP contribution in [0.5, 0.6) is 0 Å². The molecule has 76 valence electrons. The highest BCUT2D eigenvalue weighted by Crippen LogP contribution is 2.35. The van der Waals surface area contributed by atoms with E-state index in [1.54, 1.807) is 0 Å². The highest BCUT2D eigenvalue weighted by Gasteiger charge is 2.35. The highest BCUT2D eigenvalue weighted by molar-refractivity contribution is 8.16. The van der Waals surface area contributed by atoms with Crippen molar-refractivity contribution in [3.63, 3.8) is 0 Å². The molecule has 0 amide bonds. The van der Waals surface area contributed by atoms with Gasteiger partial charge >= 0.3 is 0 Å². The molecular formula is C9H17NOS2. The van der Waals surface area contributed by atoms with Crippen molar-refractivity contribution in [2.45, 2.75) is 30.2 Å². The molecule has 4 heteroatoms. The summed E-state index contributed by atoms with van der Waals surface area (Å²) in [5, 5.41) is 11.5. The SMILES string of the molecule is CN1CCCC1[C@@H]1SCSC[C@@H]1O. The molecule has 2 saturated heterocycles. The third-order valence-corrected chi connectivity index (χ3v) is 5.77. The van der Waals surface area contributed by atoms with Gasteiger partial charge in [-0.1, -0.05) is 0 Å². The average Bonchev–Trinajstić information content (AvgIpc) is 2.52. The van der Waals surface area contributed by atoms with E-state index in [0.29, 0.717) is 11.3 Å². The number of likely N-dealkylation sites (tertiary alicyclic amines) is 1. The van der Waals surface area contributed by atoms with Crippen LogP contribution < -0.4 is 0 Å². The maximum Gasteiger partial charge on any atom is 0.0764 e. The fourth-order valence-electron chi connectivity index (χ4n) is 2.22. The first-order valence-corrected chi connectivity index (χ1v) is 7.07. The number of aliphatic hydroxyl groups is 1. The number of aliphatic hydroxyl groups excluding tert-OH is 1. The van der Waals surface area contributed by atoms with Crippen LogP contribution in [0.25, 0.3) is 0 Å². The van der Waals surface area contributed by atoms with Gasteiger partial charge in [-0.2, -0.15) is 0 Å². The summed E-state index contributed by atoms with van der Waals surface area (Å²) in [7, 11) is 2.19. The molecular weight excluding hydrogens is 202 g/mol. The molecule has 2 heterocycles. The molecule has 2 aliphatic heterocycles. The topological polar surface area (TPSA) is 23.5 Å². The molecule has 0 radical (unpaired) electrons. The van der Waals surface area contributed by atoms with Crippen molar-refractivity contribution in [2.24, 2.45) is 0 Å². The zero-order valence-corrected chi connectivity index (χ0v) is 9.61. The van der Waals surface area contributed by atoms with Gasteiger partial charge in [0.1, 0.15) is 0 Å². The summed E-state index contributed by atoms with van der Waals surface area (Å²) in [5.74, 6) is 0.933. The number of nitrogens with zero attached hydrogens (tertiary/aromatic N) is 1. The molecule has 0 aromatic carbocycles. The molecule has 0 spiro atoms. The third kappa shape index (κ3) is 2.17. The summed E-state index contributed by atoms with van der Waals surface area (Å²) in [6, 6.07) is 0.626. The van der Waals surface area contributed by atoms with E-state index in [1.165, 1.54) is 19.4 Å². The lowest BCUT2D eigenvalue weighted by atomic mass is 10.1. The largest absolute Gasteiger partial charge is 0.391 e. The highest BCUT2D eigenvalue weighted by atomic mass is 32.2. The fraction of sp³-hybridized carbons (Fsp3) is 1.00. The van der Waals surface area contributed by atoms with E-state index in [9.17, 15) is 5.11 Å². The molecule has 13 heavy (non-hydrogen) atoms. The van der Waals surface area contributed by atoms with E-state index >= 15 is 0 Å². The molecule has 0 bridgehead atoms. The summed E-state index contributed by atoms with van der Waals surface area (Å²) in [5.41, 5.74) is 0. The first-order chi connectivity index (χ1) is 6.29. The van der Waals surface area contributed by atoms with E-state index < -0.39 is 0 Å². The van der Waals surface area contributed by atoms with Crippen molar-refractivity contribution in [3.8, 4) is 0 Å². The van der Waals surface area contributed by atoms with Crippen LogP contribution in [0.3, 0.4) is 0 Å². The minimum atomic E-state index is -0.0886. The standard InChI is InChI=1S/C9H17NOS2/c1-10-4-2-3-7(10)9-8(11)5-12-6-13-9/h7-9,11H,2-6H2,1H3/t7?,8-,9-/m0/s1. The van der Waals surface area contributed by atoms with Gasteiger partial charge in [0.25, 0.3) is 0 Å². The molecule has 1 unspecified atom stereocenters. The van der Waals surface area contributed by atoms with Gasteiger partial charge in [0.05, 0.1) is 6.10 Å². The Morgan fingerprint density at radius 2 is 2.31 bits per heavy atom. The van der Waals surface area contributed by atoms with Crippen LogP contribution in [0.2, 0.25) is 0 Å². The van der Waals surface area contributed by atoms with Crippen LogP contribution in [0.15, 0.2) is 0 Å². The zero-order valence-electron chi connectivity index (χ0n) is 7.98. The lowest BCUT2D eigenvalue weighted by Gasteiger charge is -2.34. The Balaban J connectivity index is 1.97. The summed E-state index contributed by atoms with van der Waals surface area (Å²) < 4.78 is 0. The Kier molecular flexibility index (Phi) is 3.46. The van der Waals surface area contributed by atoms with Crippen LogP contribution in [-0.2, 0) is 0 Å². The summed E-state index contributed by atoms with van der Waals surface area (Å²) in [6.45, 7) is 1.21. The van der Waals surface area contributed by atoms with Crippen molar-refractivity contribution in [1.29, 1.82) is 0 Å². The second kappa shape index (κ2) is 4.43. The van der Waals surface area contributed by atoms with E-state index in [2.05, 4.69) is 11.9 Å². The Labute approximate surface area is 88.4 Å². The molecule has 2 aliphatic rings. The van der Waals surface area contributed by atoms with E-state index in [1.807, 2.05) is 23.5 Å². The number of thioether (sulfide) groups is 2. The monoisotopic (exact) mass is 219 g/mol. The molecule has 2 nitrogen and oxygen atoms in total. The zero-order chi connectivity index (χ0) is 9.26. The van der Waals surface area contributed by atoms with E-state index in [-0.39, 0.29) is 6.10 Å². The third-order valence-electron chi connectivity index (χ3n) is 2.97. The van der Waals surface area contributed by atoms with Crippen LogP contribution >= 0.6 is 23.5 Å².